The number of hydrogen-bond donors (Lipinski definition) is 0. The van der Waals surface area contributed by atoms with Gasteiger partial charge in [-0.15, -0.1) is 0 Å². The van der Waals surface area contributed by atoms with Gasteiger partial charge in [0.25, 0.3) is 0 Å². The Labute approximate surface area is 206 Å². The molecule has 6 nitrogen and oxygen atoms in total. The minimum absolute atomic E-state index is 0.0405. The Morgan fingerprint density at radius 1 is 0.714 bits per heavy atom. The Morgan fingerprint density at radius 2 is 1.31 bits per heavy atom. The van der Waals surface area contributed by atoms with Crippen molar-refractivity contribution in [1.82, 2.24) is 0 Å². The van der Waals surface area contributed by atoms with Crippen LogP contribution in [0.5, 0.6) is 11.5 Å². The molecule has 0 fully saturated rings. The topological polar surface area (TPSA) is 78.9 Å². The first-order valence-electron chi connectivity index (χ1n) is 12.4. The second kappa shape index (κ2) is 15.6. The van der Waals surface area contributed by atoms with Crippen LogP contribution in [0.15, 0.2) is 42.5 Å². The number of carbonyl (C=O) groups is 3. The Morgan fingerprint density at radius 3 is 1.91 bits per heavy atom. The van der Waals surface area contributed by atoms with Gasteiger partial charge < -0.3 is 14.2 Å². The maximum atomic E-state index is 14.5. The third kappa shape index (κ3) is 10.3. The highest BCUT2D eigenvalue weighted by atomic mass is 19.1. The molecular formula is C28H35FO6. The number of halogens is 1. The summed E-state index contributed by atoms with van der Waals surface area (Å²) in [6, 6.07) is 9.31. The van der Waals surface area contributed by atoms with E-state index in [-0.39, 0.29) is 30.1 Å². The highest BCUT2D eigenvalue weighted by Gasteiger charge is 2.17. The lowest BCUT2D eigenvalue weighted by atomic mass is 10.1. The number of ether oxygens (including phenoxy) is 3. The molecule has 0 amide bonds. The fourth-order valence-electron chi connectivity index (χ4n) is 3.52. The van der Waals surface area contributed by atoms with Crippen molar-refractivity contribution < 1.29 is 33.0 Å². The van der Waals surface area contributed by atoms with E-state index in [1.54, 1.807) is 6.92 Å². The molecule has 2 rings (SSSR count). The number of carbonyl (C=O) groups excluding carboxylic acids is 3. The summed E-state index contributed by atoms with van der Waals surface area (Å²) >= 11 is 0. The predicted octanol–water partition coefficient (Wildman–Crippen LogP) is 7.05. The van der Waals surface area contributed by atoms with Crippen LogP contribution in [0.2, 0.25) is 0 Å². The number of hydrogen-bond acceptors (Lipinski definition) is 6. The zero-order valence-electron chi connectivity index (χ0n) is 20.6. The maximum absolute atomic E-state index is 14.5. The van der Waals surface area contributed by atoms with E-state index in [0.29, 0.717) is 5.56 Å². The van der Waals surface area contributed by atoms with E-state index in [1.165, 1.54) is 74.9 Å². The zero-order chi connectivity index (χ0) is 25.5. The summed E-state index contributed by atoms with van der Waals surface area (Å²) in [6.45, 7) is 4.15. The van der Waals surface area contributed by atoms with Crippen LogP contribution < -0.4 is 9.47 Å². The van der Waals surface area contributed by atoms with E-state index >= 15 is 0 Å². The quantitative estimate of drug-likeness (QED) is 0.152. The first kappa shape index (κ1) is 28.0. The normalized spacial score (nSPS) is 10.6. The lowest BCUT2D eigenvalue weighted by Gasteiger charge is -2.08. The number of unbranched alkanes of at least 4 members (excludes halogenated alkanes) is 8. The smallest absolute Gasteiger partial charge is 0.346 e. The second-order valence-corrected chi connectivity index (χ2v) is 8.33. The minimum Gasteiger partial charge on any atom is -0.462 e. The number of esters is 3. The fourth-order valence-corrected chi connectivity index (χ4v) is 3.52. The Balaban J connectivity index is 1.76. The minimum atomic E-state index is -0.904. The van der Waals surface area contributed by atoms with Crippen LogP contribution in [0.4, 0.5) is 4.39 Å². The third-order valence-corrected chi connectivity index (χ3v) is 5.45. The van der Waals surface area contributed by atoms with Crippen molar-refractivity contribution in [3.8, 4) is 11.5 Å². The number of benzene rings is 2. The second-order valence-electron chi connectivity index (χ2n) is 8.33. The predicted molar refractivity (Wildman–Crippen MR) is 131 cm³/mol. The molecule has 0 spiro atoms. The van der Waals surface area contributed by atoms with Gasteiger partial charge in [0.2, 0.25) is 0 Å². The zero-order valence-corrected chi connectivity index (χ0v) is 20.6. The molecule has 7 heteroatoms. The van der Waals surface area contributed by atoms with Gasteiger partial charge in [0.1, 0.15) is 17.3 Å². The molecule has 190 valence electrons. The van der Waals surface area contributed by atoms with E-state index < -0.39 is 23.7 Å². The summed E-state index contributed by atoms with van der Waals surface area (Å²) in [5.41, 5.74) is 0.0182. The number of rotatable bonds is 15. The van der Waals surface area contributed by atoms with Crippen LogP contribution >= 0.6 is 0 Å². The van der Waals surface area contributed by atoms with Crippen molar-refractivity contribution >= 4 is 17.9 Å². The molecule has 0 saturated heterocycles. The average Bonchev–Trinajstić information content (AvgIpc) is 2.83. The van der Waals surface area contributed by atoms with Crippen LogP contribution in [0.25, 0.3) is 0 Å². The summed E-state index contributed by atoms with van der Waals surface area (Å²) in [4.78, 5) is 36.0. The van der Waals surface area contributed by atoms with Crippen LogP contribution in [-0.2, 0) is 9.53 Å². The Hall–Kier alpha value is -3.22. The van der Waals surface area contributed by atoms with Gasteiger partial charge in [-0.1, -0.05) is 58.3 Å². The molecule has 0 aromatic heterocycles. The van der Waals surface area contributed by atoms with Crippen molar-refractivity contribution in [1.29, 1.82) is 0 Å². The van der Waals surface area contributed by atoms with Gasteiger partial charge in [-0.25, -0.2) is 14.0 Å². The molecule has 0 atom stereocenters. The molecule has 0 saturated carbocycles. The molecule has 0 aliphatic carbocycles. The summed E-state index contributed by atoms with van der Waals surface area (Å²) in [5.74, 6) is -2.48. The van der Waals surface area contributed by atoms with Crippen LogP contribution in [-0.4, -0.2) is 24.5 Å². The summed E-state index contributed by atoms with van der Waals surface area (Å²) in [7, 11) is 0. The van der Waals surface area contributed by atoms with E-state index in [9.17, 15) is 18.8 Å². The lowest BCUT2D eigenvalue weighted by molar-refractivity contribution is -0.134. The van der Waals surface area contributed by atoms with Crippen molar-refractivity contribution in [2.24, 2.45) is 0 Å². The molecule has 0 bridgehead atoms. The average molecular weight is 487 g/mol. The van der Waals surface area contributed by atoms with Gasteiger partial charge >= 0.3 is 17.9 Å². The first-order chi connectivity index (χ1) is 16.9. The van der Waals surface area contributed by atoms with Crippen molar-refractivity contribution in [2.45, 2.75) is 78.1 Å². The highest BCUT2D eigenvalue weighted by Crippen LogP contribution is 2.21. The summed E-state index contributed by atoms with van der Waals surface area (Å²) < 4.78 is 29.7. The van der Waals surface area contributed by atoms with E-state index in [4.69, 9.17) is 14.2 Å². The van der Waals surface area contributed by atoms with E-state index in [1.807, 2.05) is 0 Å². The SMILES string of the molecule is CCCCCCCCCCCC(=O)Oc1ccc(C(=O)Oc2ccc(C(=O)OCC)cc2)c(F)c1. The molecule has 0 aliphatic heterocycles. The molecule has 35 heavy (non-hydrogen) atoms. The van der Waals surface area contributed by atoms with Crippen LogP contribution in [0.3, 0.4) is 0 Å². The van der Waals surface area contributed by atoms with Gasteiger partial charge in [0, 0.05) is 12.5 Å². The van der Waals surface area contributed by atoms with Crippen LogP contribution in [0, 0.1) is 5.82 Å². The monoisotopic (exact) mass is 486 g/mol. The molecule has 0 aliphatic rings. The molecule has 0 N–H and O–H groups in total. The first-order valence-corrected chi connectivity index (χ1v) is 12.4. The highest BCUT2D eigenvalue weighted by molar-refractivity contribution is 5.92. The van der Waals surface area contributed by atoms with Gasteiger partial charge in [-0.3, -0.25) is 4.79 Å². The molecule has 0 unspecified atom stereocenters. The van der Waals surface area contributed by atoms with E-state index in [2.05, 4.69) is 6.92 Å². The molecule has 0 radical (unpaired) electrons. The summed E-state index contributed by atoms with van der Waals surface area (Å²) in [6.07, 6.45) is 10.6. The van der Waals surface area contributed by atoms with Crippen molar-refractivity contribution in [2.75, 3.05) is 6.61 Å². The molecule has 2 aromatic rings. The maximum Gasteiger partial charge on any atom is 0.346 e. The Bertz CT molecular complexity index is 954. The standard InChI is InChI=1S/C28H35FO6/c1-3-5-6-7-8-9-10-11-12-13-26(30)34-23-18-19-24(25(29)20-23)28(32)35-22-16-14-21(15-17-22)27(31)33-4-2/h14-20H,3-13H2,1-2H3. The summed E-state index contributed by atoms with van der Waals surface area (Å²) in [5, 5.41) is 0. The van der Waals surface area contributed by atoms with Gasteiger partial charge in [0.05, 0.1) is 17.7 Å². The molecular weight excluding hydrogens is 451 g/mol. The third-order valence-electron chi connectivity index (χ3n) is 5.45. The van der Waals surface area contributed by atoms with Gasteiger partial charge in [-0.2, -0.15) is 0 Å². The van der Waals surface area contributed by atoms with Crippen molar-refractivity contribution in [3.05, 3.63) is 59.4 Å². The fraction of sp³-hybridized carbons (Fsp3) is 0.464. The van der Waals surface area contributed by atoms with Crippen molar-refractivity contribution in [3.63, 3.8) is 0 Å². The van der Waals surface area contributed by atoms with Crippen LogP contribution in [0.1, 0.15) is 98.8 Å². The van der Waals surface area contributed by atoms with E-state index in [0.717, 1.165) is 25.3 Å². The van der Waals surface area contributed by atoms with Gasteiger partial charge in [0.15, 0.2) is 0 Å². The largest absolute Gasteiger partial charge is 0.462 e. The molecule has 2 aromatic carbocycles. The Kier molecular flexibility index (Phi) is 12.5. The lowest BCUT2D eigenvalue weighted by Crippen LogP contribution is -2.12. The van der Waals surface area contributed by atoms with Gasteiger partial charge in [-0.05, 0) is 49.7 Å². The molecule has 0 heterocycles.